The second kappa shape index (κ2) is 8.09. The molecule has 0 aromatic heterocycles. The molecule has 0 aliphatic carbocycles. The lowest BCUT2D eigenvalue weighted by molar-refractivity contribution is -0.146. The van der Waals surface area contributed by atoms with E-state index in [2.05, 4.69) is 5.32 Å². The molecule has 2 N–H and O–H groups in total. The molecule has 1 fully saturated rings. The average molecular weight is 350 g/mol. The maximum absolute atomic E-state index is 13.8. The minimum atomic E-state index is -0.922. The van der Waals surface area contributed by atoms with Crippen LogP contribution >= 0.6 is 0 Å². The van der Waals surface area contributed by atoms with Crippen LogP contribution in [0.25, 0.3) is 0 Å². The summed E-state index contributed by atoms with van der Waals surface area (Å²) < 4.78 is 13.8. The van der Waals surface area contributed by atoms with Gasteiger partial charge in [-0.3, -0.25) is 14.4 Å². The molecule has 2 unspecified atom stereocenters. The van der Waals surface area contributed by atoms with Crippen molar-refractivity contribution in [3.63, 3.8) is 0 Å². The number of nitrogens with one attached hydrogen (secondary N) is 1. The second-order valence-corrected chi connectivity index (χ2v) is 6.64. The van der Waals surface area contributed by atoms with Crippen molar-refractivity contribution in [1.29, 1.82) is 0 Å². The molecule has 0 spiro atoms. The SMILES string of the molecule is CC(C)C(NC(=O)c1ccccc1F)C(=O)N1CCCC(C(=O)O)C1. The number of hydrogen-bond donors (Lipinski definition) is 2. The van der Waals surface area contributed by atoms with E-state index in [0.29, 0.717) is 19.4 Å². The normalized spacial score (nSPS) is 18.7. The standard InChI is InChI=1S/C18H23FN2O4/c1-11(2)15(20-16(22)13-7-3-4-8-14(13)19)17(23)21-9-5-6-12(10-21)18(24)25/h3-4,7-8,11-12,15H,5-6,9-10H2,1-2H3,(H,20,22)(H,24,25). The van der Waals surface area contributed by atoms with Crippen molar-refractivity contribution in [1.82, 2.24) is 10.2 Å². The van der Waals surface area contributed by atoms with E-state index in [1.165, 1.54) is 23.1 Å². The monoisotopic (exact) mass is 350 g/mol. The number of carboxylic acid groups (broad SMARTS) is 1. The molecule has 2 rings (SSSR count). The molecule has 1 saturated heterocycles. The van der Waals surface area contributed by atoms with Crippen LogP contribution in [0.15, 0.2) is 24.3 Å². The van der Waals surface area contributed by atoms with Crippen molar-refractivity contribution in [2.75, 3.05) is 13.1 Å². The van der Waals surface area contributed by atoms with Gasteiger partial charge in [-0.15, -0.1) is 0 Å². The van der Waals surface area contributed by atoms with E-state index in [0.717, 1.165) is 0 Å². The van der Waals surface area contributed by atoms with Gasteiger partial charge in [0.1, 0.15) is 11.9 Å². The van der Waals surface area contributed by atoms with Crippen LogP contribution in [0.3, 0.4) is 0 Å². The van der Waals surface area contributed by atoms with E-state index in [4.69, 9.17) is 5.11 Å². The van der Waals surface area contributed by atoms with Gasteiger partial charge < -0.3 is 15.3 Å². The quantitative estimate of drug-likeness (QED) is 0.849. The van der Waals surface area contributed by atoms with Crippen molar-refractivity contribution in [3.8, 4) is 0 Å². The number of piperidine rings is 1. The Bertz CT molecular complexity index is 662. The molecule has 7 heteroatoms. The van der Waals surface area contributed by atoms with Gasteiger partial charge in [0, 0.05) is 13.1 Å². The Morgan fingerprint density at radius 3 is 2.56 bits per heavy atom. The molecule has 2 amide bonds. The lowest BCUT2D eigenvalue weighted by atomic mass is 9.95. The van der Waals surface area contributed by atoms with Gasteiger partial charge in [0.2, 0.25) is 5.91 Å². The van der Waals surface area contributed by atoms with Crippen molar-refractivity contribution >= 4 is 17.8 Å². The first-order valence-corrected chi connectivity index (χ1v) is 8.38. The van der Waals surface area contributed by atoms with Crippen molar-refractivity contribution in [3.05, 3.63) is 35.6 Å². The lowest BCUT2D eigenvalue weighted by Crippen LogP contribution is -2.54. The van der Waals surface area contributed by atoms with E-state index < -0.39 is 29.7 Å². The molecule has 1 aliphatic rings. The molecule has 1 aliphatic heterocycles. The fourth-order valence-electron chi connectivity index (χ4n) is 2.95. The minimum absolute atomic E-state index is 0.122. The summed E-state index contributed by atoms with van der Waals surface area (Å²) in [5, 5.41) is 11.8. The van der Waals surface area contributed by atoms with Crippen LogP contribution in [0.5, 0.6) is 0 Å². The van der Waals surface area contributed by atoms with Gasteiger partial charge in [-0.05, 0) is 30.9 Å². The third-order valence-corrected chi connectivity index (χ3v) is 4.42. The fraction of sp³-hybridized carbons (Fsp3) is 0.500. The molecule has 0 saturated carbocycles. The highest BCUT2D eigenvalue weighted by molar-refractivity contribution is 5.97. The summed E-state index contributed by atoms with van der Waals surface area (Å²) in [4.78, 5) is 37.8. The van der Waals surface area contributed by atoms with Crippen molar-refractivity contribution in [2.24, 2.45) is 11.8 Å². The smallest absolute Gasteiger partial charge is 0.308 e. The number of likely N-dealkylation sites (tertiary alicyclic amines) is 1. The summed E-state index contributed by atoms with van der Waals surface area (Å²) in [6, 6.07) is 4.74. The Morgan fingerprint density at radius 2 is 1.96 bits per heavy atom. The summed E-state index contributed by atoms with van der Waals surface area (Å²) >= 11 is 0. The molecule has 0 bridgehead atoms. The van der Waals surface area contributed by atoms with Crippen molar-refractivity contribution < 1.29 is 23.9 Å². The minimum Gasteiger partial charge on any atom is -0.481 e. The first kappa shape index (κ1) is 18.9. The largest absolute Gasteiger partial charge is 0.481 e. The molecule has 25 heavy (non-hydrogen) atoms. The summed E-state index contributed by atoms with van der Waals surface area (Å²) in [6.07, 6.45) is 1.14. The fourth-order valence-corrected chi connectivity index (χ4v) is 2.95. The summed E-state index contributed by atoms with van der Waals surface area (Å²) in [5.74, 6) is -3.36. The highest BCUT2D eigenvalue weighted by atomic mass is 19.1. The van der Waals surface area contributed by atoms with Gasteiger partial charge >= 0.3 is 5.97 Å². The van der Waals surface area contributed by atoms with E-state index in [1.807, 2.05) is 0 Å². The highest BCUT2D eigenvalue weighted by Crippen LogP contribution is 2.19. The topological polar surface area (TPSA) is 86.7 Å². The Morgan fingerprint density at radius 1 is 1.28 bits per heavy atom. The van der Waals surface area contributed by atoms with Gasteiger partial charge in [-0.2, -0.15) is 0 Å². The van der Waals surface area contributed by atoms with E-state index in [-0.39, 0.29) is 23.9 Å². The zero-order valence-corrected chi connectivity index (χ0v) is 14.4. The third-order valence-electron chi connectivity index (χ3n) is 4.42. The first-order chi connectivity index (χ1) is 11.8. The van der Waals surface area contributed by atoms with Crippen LogP contribution < -0.4 is 5.32 Å². The van der Waals surface area contributed by atoms with Gasteiger partial charge in [-0.1, -0.05) is 26.0 Å². The maximum Gasteiger partial charge on any atom is 0.308 e. The van der Waals surface area contributed by atoms with Crippen LogP contribution in [0.4, 0.5) is 4.39 Å². The van der Waals surface area contributed by atoms with E-state index in [1.54, 1.807) is 19.9 Å². The molecular formula is C18H23FN2O4. The van der Waals surface area contributed by atoms with Crippen LogP contribution in [0.1, 0.15) is 37.0 Å². The van der Waals surface area contributed by atoms with E-state index in [9.17, 15) is 18.8 Å². The van der Waals surface area contributed by atoms with Crippen LogP contribution in [-0.4, -0.2) is 46.9 Å². The predicted octanol–water partition coefficient (Wildman–Crippen LogP) is 1.90. The Kier molecular flexibility index (Phi) is 6.12. The molecule has 136 valence electrons. The van der Waals surface area contributed by atoms with Gasteiger partial charge in [0.25, 0.3) is 5.91 Å². The number of rotatable bonds is 5. The predicted molar refractivity (Wildman–Crippen MR) is 89.4 cm³/mol. The number of carbonyl (C=O) groups excluding carboxylic acids is 2. The number of amides is 2. The van der Waals surface area contributed by atoms with Gasteiger partial charge in [-0.25, -0.2) is 4.39 Å². The number of benzene rings is 1. The van der Waals surface area contributed by atoms with Crippen LogP contribution in [-0.2, 0) is 9.59 Å². The Balaban J connectivity index is 2.12. The number of halogens is 1. The summed E-state index contributed by atoms with van der Waals surface area (Å²) in [6.45, 7) is 4.15. The molecule has 1 aromatic rings. The number of nitrogens with zero attached hydrogens (tertiary/aromatic N) is 1. The summed E-state index contributed by atoms with van der Waals surface area (Å²) in [5.41, 5.74) is -0.122. The van der Waals surface area contributed by atoms with Gasteiger partial charge in [0.05, 0.1) is 11.5 Å². The number of carbonyl (C=O) groups is 3. The highest BCUT2D eigenvalue weighted by Gasteiger charge is 2.34. The Hall–Kier alpha value is -2.44. The zero-order chi connectivity index (χ0) is 18.6. The number of hydrogen-bond acceptors (Lipinski definition) is 3. The molecule has 1 aromatic carbocycles. The third kappa shape index (κ3) is 4.55. The number of carboxylic acids is 1. The first-order valence-electron chi connectivity index (χ1n) is 8.38. The molecular weight excluding hydrogens is 327 g/mol. The second-order valence-electron chi connectivity index (χ2n) is 6.64. The number of aliphatic carboxylic acids is 1. The molecule has 0 radical (unpaired) electrons. The van der Waals surface area contributed by atoms with Crippen molar-refractivity contribution in [2.45, 2.75) is 32.7 Å². The zero-order valence-electron chi connectivity index (χ0n) is 14.4. The van der Waals surface area contributed by atoms with Crippen LogP contribution in [0, 0.1) is 17.7 Å². The lowest BCUT2D eigenvalue weighted by Gasteiger charge is -2.34. The van der Waals surface area contributed by atoms with Crippen LogP contribution in [0.2, 0.25) is 0 Å². The summed E-state index contributed by atoms with van der Waals surface area (Å²) in [7, 11) is 0. The van der Waals surface area contributed by atoms with E-state index >= 15 is 0 Å². The Labute approximate surface area is 146 Å². The maximum atomic E-state index is 13.8. The average Bonchev–Trinajstić information content (AvgIpc) is 2.59. The molecule has 6 nitrogen and oxygen atoms in total. The van der Waals surface area contributed by atoms with Gasteiger partial charge in [0.15, 0.2) is 0 Å². The molecule has 2 atom stereocenters. The molecule has 1 heterocycles.